The topological polar surface area (TPSA) is 50.4 Å². The lowest BCUT2D eigenvalue weighted by atomic mass is 9.97. The third kappa shape index (κ3) is 8.99. The number of rotatable bonds is 16. The maximum absolute atomic E-state index is 12.5. The molecule has 0 aliphatic heterocycles. The Labute approximate surface area is 166 Å². The van der Waals surface area contributed by atoms with Crippen LogP contribution in [0.25, 0.3) is 0 Å². The zero-order valence-electron chi connectivity index (χ0n) is 18.1. The summed E-state index contributed by atoms with van der Waals surface area (Å²) in [4.78, 5) is 12.5. The molecule has 1 N–H and O–H groups in total. The van der Waals surface area contributed by atoms with Crippen LogP contribution in [0.1, 0.15) is 121 Å². The molecule has 0 aliphatic carbocycles. The molecule has 1 aromatic heterocycles. The van der Waals surface area contributed by atoms with Crippen LogP contribution in [0.15, 0.2) is 9.21 Å². The maximum atomic E-state index is 12.5. The lowest BCUT2D eigenvalue weighted by Crippen LogP contribution is -2.13. The van der Waals surface area contributed by atoms with Crippen LogP contribution in [0.2, 0.25) is 0 Å². The van der Waals surface area contributed by atoms with Gasteiger partial charge >= 0.3 is 5.63 Å². The van der Waals surface area contributed by atoms with Crippen LogP contribution in [0.5, 0.6) is 5.75 Å². The van der Waals surface area contributed by atoms with Crippen LogP contribution in [-0.4, -0.2) is 5.11 Å². The lowest BCUT2D eigenvalue weighted by Gasteiger charge is -2.13. The summed E-state index contributed by atoms with van der Waals surface area (Å²) in [7, 11) is 0. The van der Waals surface area contributed by atoms with Gasteiger partial charge in [0.05, 0.1) is 5.56 Å². The minimum absolute atomic E-state index is 0.239. The Bertz CT molecular complexity index is 559. The third-order valence-electron chi connectivity index (χ3n) is 5.44. The first-order chi connectivity index (χ1) is 13.2. The van der Waals surface area contributed by atoms with Gasteiger partial charge in [0, 0.05) is 12.0 Å². The Kier molecular flexibility index (Phi) is 13.0. The van der Waals surface area contributed by atoms with Crippen molar-refractivity contribution in [3.8, 4) is 5.75 Å². The van der Waals surface area contributed by atoms with E-state index in [1.54, 1.807) is 0 Å². The highest BCUT2D eigenvalue weighted by atomic mass is 16.4. The molecule has 0 saturated heterocycles. The van der Waals surface area contributed by atoms with Crippen LogP contribution in [0.4, 0.5) is 0 Å². The van der Waals surface area contributed by atoms with Crippen molar-refractivity contribution in [3.05, 3.63) is 27.3 Å². The molecular formula is C24H42O3. The van der Waals surface area contributed by atoms with Gasteiger partial charge in [0.15, 0.2) is 0 Å². The molecule has 1 aromatic rings. The maximum Gasteiger partial charge on any atom is 0.342 e. The average Bonchev–Trinajstić information content (AvgIpc) is 2.66. The van der Waals surface area contributed by atoms with Gasteiger partial charge in [-0.1, -0.05) is 85.0 Å². The fourth-order valence-electron chi connectivity index (χ4n) is 3.67. The summed E-state index contributed by atoms with van der Waals surface area (Å²) < 4.78 is 5.73. The van der Waals surface area contributed by atoms with Gasteiger partial charge in [-0.15, -0.1) is 0 Å². The normalized spacial score (nSPS) is 11.2. The van der Waals surface area contributed by atoms with E-state index in [0.29, 0.717) is 12.0 Å². The molecule has 27 heavy (non-hydrogen) atoms. The van der Waals surface area contributed by atoms with Gasteiger partial charge in [-0.3, -0.25) is 0 Å². The van der Waals surface area contributed by atoms with Crippen LogP contribution in [0, 0.1) is 0 Å². The monoisotopic (exact) mass is 378 g/mol. The molecule has 0 aromatic carbocycles. The van der Waals surface area contributed by atoms with Gasteiger partial charge < -0.3 is 9.52 Å². The molecule has 1 heterocycles. The Hall–Kier alpha value is -1.25. The standard InChI is InChI=1S/C24H42O3/c1-4-7-10-13-16-19-22-20(17-14-11-8-5-2)23(25)21(24(26)27-22)18-15-12-9-6-3/h25H,4-19H2,1-3H3. The van der Waals surface area contributed by atoms with E-state index in [1.165, 1.54) is 44.9 Å². The van der Waals surface area contributed by atoms with E-state index in [0.717, 1.165) is 62.7 Å². The number of aromatic hydroxyl groups is 1. The quantitative estimate of drug-likeness (QED) is 0.312. The smallest absolute Gasteiger partial charge is 0.342 e. The molecule has 0 atom stereocenters. The van der Waals surface area contributed by atoms with Gasteiger partial charge in [-0.2, -0.15) is 0 Å². The molecule has 3 nitrogen and oxygen atoms in total. The first-order valence-electron chi connectivity index (χ1n) is 11.5. The van der Waals surface area contributed by atoms with Gasteiger partial charge in [-0.25, -0.2) is 4.79 Å². The summed E-state index contributed by atoms with van der Waals surface area (Å²) in [5.41, 5.74) is 1.10. The molecule has 156 valence electrons. The van der Waals surface area contributed by atoms with E-state index in [9.17, 15) is 9.90 Å². The highest BCUT2D eigenvalue weighted by molar-refractivity contribution is 5.40. The van der Waals surface area contributed by atoms with Gasteiger partial charge in [0.1, 0.15) is 11.5 Å². The predicted octanol–water partition coefficient (Wildman–Crippen LogP) is 7.10. The summed E-state index contributed by atoms with van der Waals surface area (Å²) in [6, 6.07) is 0. The molecule has 0 bridgehead atoms. The molecule has 0 radical (unpaired) electrons. The number of aryl methyl sites for hydroxylation is 1. The summed E-state index contributed by atoms with van der Waals surface area (Å²) >= 11 is 0. The molecule has 0 spiro atoms. The fourth-order valence-corrected chi connectivity index (χ4v) is 3.67. The molecule has 0 aliphatic rings. The average molecular weight is 379 g/mol. The minimum atomic E-state index is -0.315. The number of hydrogen-bond donors (Lipinski definition) is 1. The summed E-state index contributed by atoms with van der Waals surface area (Å²) in [6.45, 7) is 6.59. The zero-order chi connectivity index (χ0) is 19.9. The predicted molar refractivity (Wildman–Crippen MR) is 115 cm³/mol. The number of hydrogen-bond acceptors (Lipinski definition) is 3. The molecule has 0 saturated carbocycles. The van der Waals surface area contributed by atoms with Crippen molar-refractivity contribution >= 4 is 0 Å². The van der Waals surface area contributed by atoms with Gasteiger partial charge in [-0.05, 0) is 32.1 Å². The second kappa shape index (κ2) is 14.8. The van der Waals surface area contributed by atoms with Crippen LogP contribution in [-0.2, 0) is 19.3 Å². The van der Waals surface area contributed by atoms with Gasteiger partial charge in [0.2, 0.25) is 0 Å². The van der Waals surface area contributed by atoms with Crippen LogP contribution >= 0.6 is 0 Å². The third-order valence-corrected chi connectivity index (χ3v) is 5.44. The second-order valence-corrected chi connectivity index (χ2v) is 7.90. The molecule has 0 unspecified atom stereocenters. The van der Waals surface area contributed by atoms with E-state index in [-0.39, 0.29) is 11.4 Å². The molecule has 1 rings (SSSR count). The van der Waals surface area contributed by atoms with Crippen molar-refractivity contribution in [3.63, 3.8) is 0 Å². The molecule has 0 fully saturated rings. The highest BCUT2D eigenvalue weighted by Gasteiger charge is 2.18. The molecule has 0 amide bonds. The van der Waals surface area contributed by atoms with Crippen molar-refractivity contribution in [2.45, 2.75) is 124 Å². The SMILES string of the molecule is CCCCCCCc1oc(=O)c(CCCCCC)c(O)c1CCCCCC. The Morgan fingerprint density at radius 2 is 1.07 bits per heavy atom. The fraction of sp³-hybridized carbons (Fsp3) is 0.792. The van der Waals surface area contributed by atoms with Crippen LogP contribution < -0.4 is 5.63 Å². The van der Waals surface area contributed by atoms with E-state index in [1.807, 2.05) is 0 Å². The van der Waals surface area contributed by atoms with Crippen molar-refractivity contribution in [2.24, 2.45) is 0 Å². The second-order valence-electron chi connectivity index (χ2n) is 7.90. The zero-order valence-corrected chi connectivity index (χ0v) is 18.1. The summed E-state index contributed by atoms with van der Waals surface area (Å²) in [5, 5.41) is 10.8. The van der Waals surface area contributed by atoms with E-state index in [4.69, 9.17) is 4.42 Å². The minimum Gasteiger partial charge on any atom is -0.507 e. The van der Waals surface area contributed by atoms with Crippen molar-refractivity contribution in [1.29, 1.82) is 0 Å². The molecular weight excluding hydrogens is 336 g/mol. The van der Waals surface area contributed by atoms with Crippen molar-refractivity contribution < 1.29 is 9.52 Å². The number of unbranched alkanes of at least 4 members (excludes halogenated alkanes) is 10. The summed E-state index contributed by atoms with van der Waals surface area (Å²) in [5.74, 6) is 0.977. The van der Waals surface area contributed by atoms with Crippen LogP contribution in [0.3, 0.4) is 0 Å². The Balaban J connectivity index is 2.86. The largest absolute Gasteiger partial charge is 0.507 e. The highest BCUT2D eigenvalue weighted by Crippen LogP contribution is 2.28. The Morgan fingerprint density at radius 3 is 1.63 bits per heavy atom. The van der Waals surface area contributed by atoms with Gasteiger partial charge in [0.25, 0.3) is 0 Å². The first kappa shape index (κ1) is 23.8. The first-order valence-corrected chi connectivity index (χ1v) is 11.5. The lowest BCUT2D eigenvalue weighted by molar-refractivity contribution is 0.393. The summed E-state index contributed by atoms with van der Waals surface area (Å²) in [6.07, 6.45) is 17.1. The van der Waals surface area contributed by atoms with Crippen molar-refractivity contribution in [2.75, 3.05) is 0 Å². The Morgan fingerprint density at radius 1 is 0.630 bits per heavy atom. The van der Waals surface area contributed by atoms with E-state index >= 15 is 0 Å². The van der Waals surface area contributed by atoms with E-state index < -0.39 is 0 Å². The van der Waals surface area contributed by atoms with Crippen molar-refractivity contribution in [1.82, 2.24) is 0 Å². The molecule has 3 heteroatoms. The van der Waals surface area contributed by atoms with E-state index in [2.05, 4.69) is 20.8 Å².